The van der Waals surface area contributed by atoms with Crippen molar-refractivity contribution in [1.29, 1.82) is 0 Å². The summed E-state index contributed by atoms with van der Waals surface area (Å²) in [6.07, 6.45) is 0. The normalized spacial score (nSPS) is 10.4. The summed E-state index contributed by atoms with van der Waals surface area (Å²) in [6, 6.07) is 8.56. The Morgan fingerprint density at radius 1 is 1.29 bits per heavy atom. The monoisotopic (exact) mass is 302 g/mol. The van der Waals surface area contributed by atoms with E-state index >= 15 is 0 Å². The molecule has 0 saturated carbocycles. The molecule has 0 aliphatic rings. The molecule has 0 N–H and O–H groups in total. The third-order valence-corrected chi connectivity index (χ3v) is 2.13. The van der Waals surface area contributed by atoms with E-state index in [-0.39, 0.29) is 5.63 Å². The predicted octanol–water partition coefficient (Wildman–Crippen LogP) is 2.56. The summed E-state index contributed by atoms with van der Waals surface area (Å²) in [6.45, 7) is 0. The molecule has 72 valence electrons. The summed E-state index contributed by atoms with van der Waals surface area (Å²) < 4.78 is 10.9. The zero-order chi connectivity index (χ0) is 9.97. The Morgan fingerprint density at radius 2 is 2.07 bits per heavy atom. The van der Waals surface area contributed by atoms with E-state index in [1.165, 1.54) is 6.07 Å². The molecule has 0 radical (unpaired) electrons. The van der Waals surface area contributed by atoms with Gasteiger partial charge in [0.25, 0.3) is 0 Å². The van der Waals surface area contributed by atoms with Crippen LogP contribution in [0.3, 0.4) is 0 Å². The van der Waals surface area contributed by atoms with Crippen LogP contribution in [0, 0.1) is 0 Å². The number of ether oxygens (including phenoxy) is 1. The molecule has 0 unspecified atom stereocenters. The van der Waals surface area contributed by atoms with Gasteiger partial charge in [-0.1, -0.05) is 0 Å². The average molecular weight is 302 g/mol. The van der Waals surface area contributed by atoms with Crippen molar-refractivity contribution >= 4 is 33.6 Å². The molecule has 3 nitrogen and oxygen atoms in total. The zero-order valence-electron chi connectivity index (χ0n) is 7.20. The molecule has 0 fully saturated rings. The smallest absolute Gasteiger partial charge is 0.336 e. The van der Waals surface area contributed by atoms with E-state index in [1.807, 2.05) is 12.1 Å². The summed E-state index contributed by atoms with van der Waals surface area (Å²) in [5.41, 5.74) is 0.212. The van der Waals surface area contributed by atoms with Crippen molar-refractivity contribution in [2.24, 2.45) is 0 Å². The molecule has 0 saturated heterocycles. The molecule has 1 aromatic heterocycles. The van der Waals surface area contributed by atoms with Crippen molar-refractivity contribution in [3.63, 3.8) is 0 Å². The van der Waals surface area contributed by atoms with Crippen LogP contribution in [0.4, 0.5) is 0 Å². The van der Waals surface area contributed by atoms with Gasteiger partial charge in [0.2, 0.25) is 0 Å². The Morgan fingerprint density at radius 3 is 2.86 bits per heavy atom. The first-order valence-corrected chi connectivity index (χ1v) is 5.55. The van der Waals surface area contributed by atoms with Crippen LogP contribution in [0.1, 0.15) is 0 Å². The van der Waals surface area contributed by atoms with E-state index in [2.05, 4.69) is 22.6 Å². The topological polar surface area (TPSA) is 39.4 Å². The lowest BCUT2D eigenvalue weighted by Gasteiger charge is -2.02. The van der Waals surface area contributed by atoms with Gasteiger partial charge in [0, 0.05) is 17.5 Å². The lowest BCUT2D eigenvalue weighted by atomic mass is 10.2. The number of hydrogen-bond acceptors (Lipinski definition) is 3. The maximum atomic E-state index is 10.9. The van der Waals surface area contributed by atoms with Gasteiger partial charge in [0.15, 0.2) is 0 Å². The van der Waals surface area contributed by atoms with Crippen LogP contribution in [-0.4, -0.2) is 4.61 Å². The fraction of sp³-hybridized carbons (Fsp3) is 0.100. The summed E-state index contributed by atoms with van der Waals surface area (Å²) in [7, 11) is 0. The lowest BCUT2D eigenvalue weighted by molar-refractivity contribution is 0.404. The molecule has 1 aromatic carbocycles. The average Bonchev–Trinajstić information content (AvgIpc) is 2.17. The third kappa shape index (κ3) is 1.89. The zero-order valence-corrected chi connectivity index (χ0v) is 9.35. The summed E-state index contributed by atoms with van der Waals surface area (Å²) in [5, 5.41) is 0.894. The highest BCUT2D eigenvalue weighted by molar-refractivity contribution is 14.1. The van der Waals surface area contributed by atoms with Gasteiger partial charge < -0.3 is 9.15 Å². The van der Waals surface area contributed by atoms with Crippen LogP contribution >= 0.6 is 22.6 Å². The minimum atomic E-state index is -0.343. The van der Waals surface area contributed by atoms with E-state index in [4.69, 9.17) is 9.15 Å². The molecule has 0 bridgehead atoms. The largest absolute Gasteiger partial charge is 0.483 e. The first kappa shape index (κ1) is 9.51. The number of alkyl halides is 1. The predicted molar refractivity (Wildman–Crippen MR) is 62.0 cm³/mol. The molecule has 0 aliphatic carbocycles. The molecule has 1 heterocycles. The number of rotatable bonds is 2. The van der Waals surface area contributed by atoms with Crippen molar-refractivity contribution < 1.29 is 9.15 Å². The van der Waals surface area contributed by atoms with E-state index in [0.717, 1.165) is 5.39 Å². The van der Waals surface area contributed by atoms with E-state index < -0.39 is 0 Å². The molecule has 0 atom stereocenters. The van der Waals surface area contributed by atoms with Gasteiger partial charge in [-0.2, -0.15) is 0 Å². The van der Waals surface area contributed by atoms with E-state index in [9.17, 15) is 4.79 Å². The van der Waals surface area contributed by atoms with Crippen molar-refractivity contribution in [1.82, 2.24) is 0 Å². The molecular formula is C10H7IO3. The minimum absolute atomic E-state index is 0.343. The molecular weight excluding hydrogens is 295 g/mol. The number of benzene rings is 1. The first-order valence-electron chi connectivity index (χ1n) is 4.02. The third-order valence-electron chi connectivity index (χ3n) is 1.82. The Kier molecular flexibility index (Phi) is 2.72. The second-order valence-corrected chi connectivity index (χ2v) is 3.33. The molecule has 2 rings (SSSR count). The standard InChI is InChI=1S/C10H7IO3/c11-6-13-8-3-1-7-2-4-10(12)14-9(7)5-8/h1-5H,6H2. The fourth-order valence-corrected chi connectivity index (χ4v) is 1.55. The SMILES string of the molecule is O=c1ccc2ccc(OCI)cc2o1. The number of halogens is 1. The van der Waals surface area contributed by atoms with Gasteiger partial charge in [-0.3, -0.25) is 0 Å². The van der Waals surface area contributed by atoms with Crippen LogP contribution in [0.2, 0.25) is 0 Å². The molecule has 0 amide bonds. The fourth-order valence-electron chi connectivity index (χ4n) is 1.19. The maximum absolute atomic E-state index is 10.9. The maximum Gasteiger partial charge on any atom is 0.336 e. The highest BCUT2D eigenvalue weighted by atomic mass is 127. The van der Waals surface area contributed by atoms with Crippen molar-refractivity contribution in [3.05, 3.63) is 40.8 Å². The number of fused-ring (bicyclic) bond motifs is 1. The van der Waals surface area contributed by atoms with Crippen LogP contribution in [-0.2, 0) is 0 Å². The molecule has 0 spiro atoms. The molecule has 4 heteroatoms. The quantitative estimate of drug-likeness (QED) is 0.486. The Balaban J connectivity index is 2.58. The van der Waals surface area contributed by atoms with E-state index in [0.29, 0.717) is 15.9 Å². The van der Waals surface area contributed by atoms with Gasteiger partial charge in [0.1, 0.15) is 15.9 Å². The van der Waals surface area contributed by atoms with Crippen LogP contribution in [0.25, 0.3) is 11.0 Å². The second kappa shape index (κ2) is 4.00. The van der Waals surface area contributed by atoms with Crippen LogP contribution in [0.15, 0.2) is 39.5 Å². The highest BCUT2D eigenvalue weighted by Gasteiger charge is 1.99. The Hall–Kier alpha value is -1.04. The molecule has 2 aromatic rings. The van der Waals surface area contributed by atoms with Gasteiger partial charge in [-0.25, -0.2) is 4.79 Å². The second-order valence-electron chi connectivity index (χ2n) is 2.71. The van der Waals surface area contributed by atoms with Crippen molar-refractivity contribution in [2.45, 2.75) is 0 Å². The summed E-state index contributed by atoms with van der Waals surface area (Å²) >= 11 is 2.11. The van der Waals surface area contributed by atoms with Crippen molar-refractivity contribution in [3.8, 4) is 5.75 Å². The number of hydrogen-bond donors (Lipinski definition) is 0. The van der Waals surface area contributed by atoms with E-state index in [1.54, 1.807) is 12.1 Å². The van der Waals surface area contributed by atoms with Gasteiger partial charge >= 0.3 is 5.63 Å². The summed E-state index contributed by atoms with van der Waals surface area (Å²) in [5.74, 6) is 0.709. The highest BCUT2D eigenvalue weighted by Crippen LogP contribution is 2.19. The van der Waals surface area contributed by atoms with Gasteiger partial charge in [-0.05, 0) is 40.8 Å². The van der Waals surface area contributed by atoms with Crippen LogP contribution in [0.5, 0.6) is 5.75 Å². The minimum Gasteiger partial charge on any atom is -0.483 e. The Bertz CT molecular complexity index is 504. The van der Waals surface area contributed by atoms with Gasteiger partial charge in [0.05, 0.1) is 0 Å². The Labute approximate surface area is 93.8 Å². The molecule has 14 heavy (non-hydrogen) atoms. The van der Waals surface area contributed by atoms with Crippen molar-refractivity contribution in [2.75, 3.05) is 4.61 Å². The molecule has 0 aliphatic heterocycles. The van der Waals surface area contributed by atoms with Crippen LogP contribution < -0.4 is 10.4 Å². The van der Waals surface area contributed by atoms with Gasteiger partial charge in [-0.15, -0.1) is 0 Å². The summed E-state index contributed by atoms with van der Waals surface area (Å²) in [4.78, 5) is 10.9. The lowest BCUT2D eigenvalue weighted by Crippen LogP contribution is -1.95. The first-order chi connectivity index (χ1) is 6.79.